The van der Waals surface area contributed by atoms with Crippen molar-refractivity contribution in [2.24, 2.45) is 11.1 Å². The Labute approximate surface area is 212 Å². The Kier molecular flexibility index (Phi) is 7.29. The molecule has 3 aromatic rings. The number of aliphatic carboxylic acids is 1. The van der Waals surface area contributed by atoms with Gasteiger partial charge in [-0.05, 0) is 31.0 Å². The SMILES string of the molecule is Nc1ccc(Sc2cnc(N3CCC4(CC3)Cn3nccc3[C@H]4N)cn2)c(Cl)n1.O=C(O)C(F)(F)F. The Hall–Kier alpha value is -3.10. The van der Waals surface area contributed by atoms with Gasteiger partial charge in [0.25, 0.3) is 0 Å². The molecular weight excluding hydrogens is 521 g/mol. The minimum Gasteiger partial charge on any atom is -0.475 e. The largest absolute Gasteiger partial charge is 0.490 e. The number of piperidine rings is 1. The number of nitrogen functional groups attached to an aromatic ring is 1. The Morgan fingerprint density at radius 3 is 2.44 bits per heavy atom. The molecule has 0 unspecified atom stereocenters. The van der Waals surface area contributed by atoms with Gasteiger partial charge in [-0.15, -0.1) is 0 Å². The molecule has 192 valence electrons. The fraction of sp³-hybridized carbons (Fsp3) is 0.381. The molecule has 0 aliphatic carbocycles. The molecule has 2 aliphatic heterocycles. The Morgan fingerprint density at radius 1 is 1.19 bits per heavy atom. The van der Waals surface area contributed by atoms with Crippen LogP contribution in [0.1, 0.15) is 24.6 Å². The molecule has 1 saturated heterocycles. The number of hydrogen-bond donors (Lipinski definition) is 3. The highest BCUT2D eigenvalue weighted by atomic mass is 35.5. The van der Waals surface area contributed by atoms with Crippen LogP contribution in [-0.4, -0.2) is 55.1 Å². The summed E-state index contributed by atoms with van der Waals surface area (Å²) in [7, 11) is 0. The van der Waals surface area contributed by atoms with Crippen LogP contribution in [0.25, 0.3) is 0 Å². The predicted octanol–water partition coefficient (Wildman–Crippen LogP) is 3.39. The summed E-state index contributed by atoms with van der Waals surface area (Å²) in [6, 6.07) is 5.65. The predicted molar refractivity (Wildman–Crippen MR) is 127 cm³/mol. The number of alkyl halides is 3. The van der Waals surface area contributed by atoms with E-state index in [-0.39, 0.29) is 11.5 Å². The van der Waals surface area contributed by atoms with Gasteiger partial charge in [-0.25, -0.2) is 19.7 Å². The lowest BCUT2D eigenvalue weighted by Crippen LogP contribution is -2.45. The number of pyridine rings is 1. The molecule has 1 atom stereocenters. The van der Waals surface area contributed by atoms with Gasteiger partial charge < -0.3 is 21.5 Å². The lowest BCUT2D eigenvalue weighted by molar-refractivity contribution is -0.192. The van der Waals surface area contributed by atoms with Crippen LogP contribution in [0.5, 0.6) is 0 Å². The maximum absolute atomic E-state index is 10.6. The van der Waals surface area contributed by atoms with Crippen LogP contribution in [-0.2, 0) is 11.3 Å². The second-order valence-electron chi connectivity index (χ2n) is 8.38. The average molecular weight is 543 g/mol. The van der Waals surface area contributed by atoms with Crippen molar-refractivity contribution < 1.29 is 23.1 Å². The first-order chi connectivity index (χ1) is 17.0. The highest BCUT2D eigenvalue weighted by Gasteiger charge is 2.47. The number of fused-ring (bicyclic) bond motifs is 1. The highest BCUT2D eigenvalue weighted by molar-refractivity contribution is 7.99. The van der Waals surface area contributed by atoms with E-state index in [1.807, 2.05) is 24.5 Å². The third-order valence-electron chi connectivity index (χ3n) is 6.18. The number of rotatable bonds is 3. The van der Waals surface area contributed by atoms with Gasteiger partial charge in [-0.1, -0.05) is 23.4 Å². The molecule has 5 rings (SSSR count). The van der Waals surface area contributed by atoms with Gasteiger partial charge in [0.1, 0.15) is 21.8 Å². The van der Waals surface area contributed by atoms with E-state index in [4.69, 9.17) is 33.0 Å². The zero-order valence-corrected chi connectivity index (χ0v) is 20.3. The quantitative estimate of drug-likeness (QED) is 0.420. The van der Waals surface area contributed by atoms with Crippen molar-refractivity contribution in [1.82, 2.24) is 24.7 Å². The maximum atomic E-state index is 10.6. The number of anilines is 2. The van der Waals surface area contributed by atoms with E-state index in [0.29, 0.717) is 11.0 Å². The van der Waals surface area contributed by atoms with Crippen molar-refractivity contribution in [2.45, 2.75) is 41.5 Å². The molecule has 5 N–H and O–H groups in total. The molecule has 0 amide bonds. The molecule has 36 heavy (non-hydrogen) atoms. The minimum atomic E-state index is -5.08. The molecule has 0 aromatic carbocycles. The molecule has 15 heteroatoms. The fourth-order valence-electron chi connectivity index (χ4n) is 4.25. The van der Waals surface area contributed by atoms with E-state index < -0.39 is 12.1 Å². The number of hydrogen-bond acceptors (Lipinski definition) is 9. The van der Waals surface area contributed by atoms with E-state index in [2.05, 4.69) is 29.6 Å². The average Bonchev–Trinajstić information content (AvgIpc) is 3.38. The number of aromatic nitrogens is 5. The number of carboxylic acid groups (broad SMARTS) is 1. The first kappa shape index (κ1) is 26.0. The zero-order chi connectivity index (χ0) is 26.1. The molecule has 2 aliphatic rings. The van der Waals surface area contributed by atoms with Crippen molar-refractivity contribution in [3.8, 4) is 0 Å². The van der Waals surface area contributed by atoms with Gasteiger partial charge in [0, 0.05) is 31.2 Å². The van der Waals surface area contributed by atoms with Crippen LogP contribution in [0.3, 0.4) is 0 Å². The molecular formula is C21H22ClF3N8O2S. The minimum absolute atomic E-state index is 0.0512. The van der Waals surface area contributed by atoms with E-state index in [0.717, 1.165) is 53.9 Å². The molecule has 1 fully saturated rings. The summed E-state index contributed by atoms with van der Waals surface area (Å²) in [5.41, 5.74) is 13.5. The second-order valence-corrected chi connectivity index (χ2v) is 9.80. The summed E-state index contributed by atoms with van der Waals surface area (Å²) in [6.45, 7) is 2.73. The summed E-state index contributed by atoms with van der Waals surface area (Å²) in [5, 5.41) is 12.7. The summed E-state index contributed by atoms with van der Waals surface area (Å²) in [6.07, 6.45) is 2.37. The number of nitrogens with two attached hydrogens (primary N) is 2. The Balaban J connectivity index is 0.000000384. The van der Waals surface area contributed by atoms with Gasteiger partial charge in [0.15, 0.2) is 0 Å². The summed E-state index contributed by atoms with van der Waals surface area (Å²) >= 11 is 7.56. The lowest BCUT2D eigenvalue weighted by Gasteiger charge is -2.41. The molecule has 1 spiro atoms. The monoisotopic (exact) mass is 542 g/mol. The molecule has 0 radical (unpaired) electrons. The smallest absolute Gasteiger partial charge is 0.475 e. The van der Waals surface area contributed by atoms with Crippen molar-refractivity contribution >= 4 is 41.0 Å². The molecule has 3 aromatic heterocycles. The van der Waals surface area contributed by atoms with Crippen LogP contribution < -0.4 is 16.4 Å². The molecule has 5 heterocycles. The number of carbonyl (C=O) groups is 1. The number of carboxylic acids is 1. The van der Waals surface area contributed by atoms with E-state index in [9.17, 15) is 13.2 Å². The normalized spacial score (nSPS) is 18.5. The van der Waals surface area contributed by atoms with Crippen molar-refractivity contribution in [1.29, 1.82) is 0 Å². The van der Waals surface area contributed by atoms with Crippen molar-refractivity contribution in [3.05, 3.63) is 47.6 Å². The number of halogens is 4. The summed E-state index contributed by atoms with van der Waals surface area (Å²) in [5.74, 6) is -1.48. The van der Waals surface area contributed by atoms with Gasteiger partial charge in [-0.3, -0.25) is 4.68 Å². The fourth-order valence-corrected chi connectivity index (χ4v) is 5.23. The van der Waals surface area contributed by atoms with E-state index in [1.54, 1.807) is 12.3 Å². The Bertz CT molecular complexity index is 1230. The highest BCUT2D eigenvalue weighted by Crippen LogP contribution is 2.47. The van der Waals surface area contributed by atoms with Crippen LogP contribution in [0.2, 0.25) is 5.15 Å². The third-order valence-corrected chi connectivity index (χ3v) is 7.55. The van der Waals surface area contributed by atoms with Crippen molar-refractivity contribution in [2.75, 3.05) is 23.7 Å². The first-order valence-electron chi connectivity index (χ1n) is 10.7. The summed E-state index contributed by atoms with van der Waals surface area (Å²) in [4.78, 5) is 25.2. The van der Waals surface area contributed by atoms with Crippen LogP contribution in [0.15, 0.2) is 46.7 Å². The Morgan fingerprint density at radius 2 is 1.89 bits per heavy atom. The van der Waals surface area contributed by atoms with E-state index >= 15 is 0 Å². The van der Waals surface area contributed by atoms with Gasteiger partial charge in [0.2, 0.25) is 0 Å². The topological polar surface area (TPSA) is 149 Å². The van der Waals surface area contributed by atoms with Gasteiger partial charge in [0.05, 0.1) is 29.0 Å². The van der Waals surface area contributed by atoms with Gasteiger partial charge in [-0.2, -0.15) is 18.3 Å². The second kappa shape index (κ2) is 10.1. The van der Waals surface area contributed by atoms with Crippen LogP contribution >= 0.6 is 23.4 Å². The maximum Gasteiger partial charge on any atom is 0.490 e. The number of nitrogens with zero attached hydrogens (tertiary/aromatic N) is 6. The van der Waals surface area contributed by atoms with E-state index in [1.165, 1.54) is 11.8 Å². The van der Waals surface area contributed by atoms with Crippen molar-refractivity contribution in [3.63, 3.8) is 0 Å². The molecule has 10 nitrogen and oxygen atoms in total. The van der Waals surface area contributed by atoms with Crippen LogP contribution in [0.4, 0.5) is 24.8 Å². The van der Waals surface area contributed by atoms with Crippen LogP contribution in [0, 0.1) is 5.41 Å². The molecule has 0 saturated carbocycles. The first-order valence-corrected chi connectivity index (χ1v) is 11.9. The lowest BCUT2D eigenvalue weighted by atomic mass is 9.73. The standard InChI is InChI=1S/C19H21ClN8S.C2HF3O2/c20-18-13(1-2-14(21)26-18)29-16-10-23-15(9-24-16)27-7-4-19(5-8-27)11-28-12(17(19)22)3-6-25-28;3-2(4,5)1(6)7/h1-3,6,9-10,17H,4-5,7-8,11,22H2,(H2,21,26);(H,6,7)/t17-;/m1./s1. The zero-order valence-electron chi connectivity index (χ0n) is 18.7. The summed E-state index contributed by atoms with van der Waals surface area (Å²) < 4.78 is 33.8. The third kappa shape index (κ3) is 5.50. The molecule has 0 bridgehead atoms. The van der Waals surface area contributed by atoms with Gasteiger partial charge >= 0.3 is 12.1 Å².